The lowest BCUT2D eigenvalue weighted by Crippen LogP contribution is -2.35. The fraction of sp³-hybridized carbons (Fsp3) is 0.333. The molecule has 90 valence electrons. The van der Waals surface area contributed by atoms with Crippen LogP contribution in [0.5, 0.6) is 5.75 Å². The average molecular weight is 237 g/mol. The first-order valence-electron chi connectivity index (χ1n) is 5.39. The van der Waals surface area contributed by atoms with Gasteiger partial charge in [0, 0.05) is 13.0 Å². The molecule has 0 unspecified atom stereocenters. The molecule has 17 heavy (non-hydrogen) atoms. The minimum atomic E-state index is -0.520. The minimum Gasteiger partial charge on any atom is -0.481 e. The van der Waals surface area contributed by atoms with Crippen molar-refractivity contribution in [3.8, 4) is 5.75 Å². The molecule has 0 bridgehead atoms. The van der Waals surface area contributed by atoms with Crippen LogP contribution in [0, 0.1) is 5.82 Å². The lowest BCUT2D eigenvalue weighted by molar-refractivity contribution is -0.143. The summed E-state index contributed by atoms with van der Waals surface area (Å²) in [4.78, 5) is 24.0. The van der Waals surface area contributed by atoms with Crippen LogP contribution in [-0.4, -0.2) is 29.9 Å². The zero-order chi connectivity index (χ0) is 12.3. The van der Waals surface area contributed by atoms with Crippen LogP contribution in [0.4, 0.5) is 4.39 Å². The summed E-state index contributed by atoms with van der Waals surface area (Å²) in [5.41, 5.74) is 0. The lowest BCUT2D eigenvalue weighted by atomic mass is 10.3. The number of rotatable bonds is 3. The van der Waals surface area contributed by atoms with Crippen molar-refractivity contribution in [3.63, 3.8) is 0 Å². The second-order valence-electron chi connectivity index (χ2n) is 3.76. The van der Waals surface area contributed by atoms with Gasteiger partial charge in [-0.15, -0.1) is 0 Å². The predicted molar refractivity (Wildman–Crippen MR) is 57.8 cm³/mol. The van der Waals surface area contributed by atoms with E-state index in [-0.39, 0.29) is 18.3 Å². The van der Waals surface area contributed by atoms with Crippen LogP contribution < -0.4 is 4.74 Å². The molecular weight excluding hydrogens is 225 g/mol. The third-order valence-corrected chi connectivity index (χ3v) is 2.56. The molecule has 1 aromatic carbocycles. The summed E-state index contributed by atoms with van der Waals surface area (Å²) in [5.74, 6) is -1.11. The average Bonchev–Trinajstić information content (AvgIpc) is 2.74. The van der Waals surface area contributed by atoms with Crippen LogP contribution >= 0.6 is 0 Å². The monoisotopic (exact) mass is 237 g/mol. The second kappa shape index (κ2) is 4.95. The predicted octanol–water partition coefficient (Wildman–Crippen LogP) is 1.35. The summed E-state index contributed by atoms with van der Waals surface area (Å²) in [6.07, 6.45) is 1.08. The Morgan fingerprint density at radius 1 is 1.41 bits per heavy atom. The smallest absolute Gasteiger partial charge is 0.267 e. The molecule has 2 amide bonds. The van der Waals surface area contributed by atoms with E-state index in [1.54, 1.807) is 6.07 Å². The Labute approximate surface area is 98.0 Å². The van der Waals surface area contributed by atoms with Gasteiger partial charge >= 0.3 is 0 Å². The Morgan fingerprint density at radius 2 is 2.18 bits per heavy atom. The number of amides is 2. The number of ether oxygens (including phenoxy) is 1. The Balaban J connectivity index is 1.92. The van der Waals surface area contributed by atoms with Gasteiger partial charge in [-0.3, -0.25) is 14.5 Å². The van der Waals surface area contributed by atoms with Gasteiger partial charge in [0.15, 0.2) is 18.2 Å². The number of likely N-dealkylation sites (tertiary alicyclic amines) is 1. The molecule has 0 aliphatic carbocycles. The molecule has 1 heterocycles. The van der Waals surface area contributed by atoms with Gasteiger partial charge < -0.3 is 4.74 Å². The largest absolute Gasteiger partial charge is 0.481 e. The maximum absolute atomic E-state index is 13.2. The molecule has 5 heteroatoms. The van der Waals surface area contributed by atoms with E-state index in [2.05, 4.69) is 0 Å². The number of hydrogen-bond acceptors (Lipinski definition) is 3. The molecule has 1 aliphatic heterocycles. The molecule has 0 spiro atoms. The number of benzene rings is 1. The number of halogens is 1. The van der Waals surface area contributed by atoms with Crippen LogP contribution in [0.3, 0.4) is 0 Å². The maximum Gasteiger partial charge on any atom is 0.267 e. The van der Waals surface area contributed by atoms with Crippen LogP contribution in [-0.2, 0) is 9.59 Å². The first-order chi connectivity index (χ1) is 8.18. The molecular formula is C12H12FNO3. The van der Waals surface area contributed by atoms with Crippen molar-refractivity contribution in [1.29, 1.82) is 0 Å². The summed E-state index contributed by atoms with van der Waals surface area (Å²) >= 11 is 0. The Hall–Kier alpha value is -1.91. The van der Waals surface area contributed by atoms with Gasteiger partial charge in [0.25, 0.3) is 5.91 Å². The Morgan fingerprint density at radius 3 is 2.82 bits per heavy atom. The van der Waals surface area contributed by atoms with Crippen LogP contribution in [0.25, 0.3) is 0 Å². The molecule has 0 radical (unpaired) electrons. The van der Waals surface area contributed by atoms with Gasteiger partial charge in [0.1, 0.15) is 0 Å². The van der Waals surface area contributed by atoms with E-state index in [1.165, 1.54) is 18.2 Å². The number of imide groups is 1. The normalized spacial score (nSPS) is 15.1. The summed E-state index contributed by atoms with van der Waals surface area (Å²) in [7, 11) is 0. The minimum absolute atomic E-state index is 0.0208. The summed E-state index contributed by atoms with van der Waals surface area (Å²) in [5, 5.41) is 0. The second-order valence-corrected chi connectivity index (χ2v) is 3.76. The fourth-order valence-electron chi connectivity index (χ4n) is 1.69. The van der Waals surface area contributed by atoms with Crippen molar-refractivity contribution in [2.45, 2.75) is 12.8 Å². The number of para-hydroxylation sites is 1. The number of hydrogen-bond donors (Lipinski definition) is 0. The van der Waals surface area contributed by atoms with E-state index >= 15 is 0 Å². The van der Waals surface area contributed by atoms with Gasteiger partial charge in [-0.25, -0.2) is 4.39 Å². The van der Waals surface area contributed by atoms with Crippen LogP contribution in [0.1, 0.15) is 12.8 Å². The molecule has 2 rings (SSSR count). The van der Waals surface area contributed by atoms with Gasteiger partial charge in [-0.2, -0.15) is 0 Å². The molecule has 1 saturated heterocycles. The molecule has 0 aromatic heterocycles. The van der Waals surface area contributed by atoms with E-state index in [0.29, 0.717) is 19.4 Å². The Kier molecular flexibility index (Phi) is 3.37. The molecule has 0 saturated carbocycles. The number of carbonyl (C=O) groups is 2. The van der Waals surface area contributed by atoms with Crippen molar-refractivity contribution in [3.05, 3.63) is 30.1 Å². The zero-order valence-electron chi connectivity index (χ0n) is 9.19. The van der Waals surface area contributed by atoms with Crippen molar-refractivity contribution < 1.29 is 18.7 Å². The third kappa shape index (κ3) is 2.61. The van der Waals surface area contributed by atoms with Crippen LogP contribution in [0.15, 0.2) is 24.3 Å². The van der Waals surface area contributed by atoms with E-state index in [4.69, 9.17) is 4.74 Å². The molecule has 0 N–H and O–H groups in total. The standard InChI is InChI=1S/C12H12FNO3/c13-9-4-1-2-5-10(9)17-8-12(16)14-7-3-6-11(14)15/h1-2,4-5H,3,6-8H2. The highest BCUT2D eigenvalue weighted by molar-refractivity contribution is 5.97. The van der Waals surface area contributed by atoms with Gasteiger partial charge in [0.05, 0.1) is 0 Å². The topological polar surface area (TPSA) is 46.6 Å². The number of nitrogens with zero attached hydrogens (tertiary/aromatic N) is 1. The van der Waals surface area contributed by atoms with E-state index in [9.17, 15) is 14.0 Å². The fourth-order valence-corrected chi connectivity index (χ4v) is 1.69. The third-order valence-electron chi connectivity index (χ3n) is 2.56. The van der Waals surface area contributed by atoms with E-state index in [0.717, 1.165) is 4.90 Å². The van der Waals surface area contributed by atoms with E-state index < -0.39 is 11.7 Å². The highest BCUT2D eigenvalue weighted by Gasteiger charge is 2.26. The molecule has 1 aliphatic rings. The summed E-state index contributed by atoms with van der Waals surface area (Å²) < 4.78 is 18.2. The van der Waals surface area contributed by atoms with Gasteiger partial charge in [-0.05, 0) is 18.6 Å². The molecule has 1 fully saturated rings. The quantitative estimate of drug-likeness (QED) is 0.797. The van der Waals surface area contributed by atoms with Crippen molar-refractivity contribution >= 4 is 11.8 Å². The Bertz CT molecular complexity index is 447. The summed E-state index contributed by atoms with van der Waals surface area (Å²) in [6.45, 7) is 0.116. The van der Waals surface area contributed by atoms with Gasteiger partial charge in [-0.1, -0.05) is 12.1 Å². The first kappa shape index (κ1) is 11.6. The van der Waals surface area contributed by atoms with Crippen molar-refractivity contribution in [1.82, 2.24) is 4.90 Å². The highest BCUT2D eigenvalue weighted by Crippen LogP contribution is 2.16. The van der Waals surface area contributed by atoms with Crippen molar-refractivity contribution in [2.75, 3.05) is 13.2 Å². The van der Waals surface area contributed by atoms with Gasteiger partial charge in [0.2, 0.25) is 5.91 Å². The zero-order valence-corrected chi connectivity index (χ0v) is 9.19. The lowest BCUT2D eigenvalue weighted by Gasteiger charge is -2.14. The number of carbonyl (C=O) groups excluding carboxylic acids is 2. The van der Waals surface area contributed by atoms with E-state index in [1.807, 2.05) is 0 Å². The highest BCUT2D eigenvalue weighted by atomic mass is 19.1. The molecule has 0 atom stereocenters. The molecule has 4 nitrogen and oxygen atoms in total. The first-order valence-corrected chi connectivity index (χ1v) is 5.39. The van der Waals surface area contributed by atoms with Crippen molar-refractivity contribution in [2.24, 2.45) is 0 Å². The summed E-state index contributed by atoms with van der Waals surface area (Å²) in [6, 6.07) is 5.84. The maximum atomic E-state index is 13.2. The van der Waals surface area contributed by atoms with Crippen LogP contribution in [0.2, 0.25) is 0 Å². The molecule has 1 aromatic rings. The SMILES string of the molecule is O=C1CCCN1C(=O)COc1ccccc1F.